The zero-order valence-electron chi connectivity index (χ0n) is 8.94. The van der Waals surface area contributed by atoms with E-state index in [-0.39, 0.29) is 6.10 Å². The van der Waals surface area contributed by atoms with Gasteiger partial charge in [0.15, 0.2) is 0 Å². The van der Waals surface area contributed by atoms with Crippen molar-refractivity contribution in [3.05, 3.63) is 29.8 Å². The Morgan fingerprint density at radius 2 is 2.13 bits per heavy atom. The van der Waals surface area contributed by atoms with Crippen LogP contribution < -0.4 is 10.1 Å². The number of aliphatic hydroxyl groups excluding tert-OH is 1. The maximum Gasteiger partial charge on any atom is 0.118 e. The molecule has 1 fully saturated rings. The smallest absolute Gasteiger partial charge is 0.118 e. The van der Waals surface area contributed by atoms with Crippen LogP contribution in [-0.4, -0.2) is 30.9 Å². The average molecular weight is 207 g/mol. The van der Waals surface area contributed by atoms with Gasteiger partial charge in [0.2, 0.25) is 0 Å². The van der Waals surface area contributed by atoms with Gasteiger partial charge < -0.3 is 15.2 Å². The molecule has 1 aromatic carbocycles. The van der Waals surface area contributed by atoms with Crippen LogP contribution in [0.3, 0.4) is 0 Å². The predicted molar refractivity (Wildman–Crippen MR) is 59.1 cm³/mol. The maximum absolute atomic E-state index is 9.38. The molecule has 2 rings (SSSR count). The zero-order chi connectivity index (χ0) is 10.7. The number of aliphatic hydroxyl groups is 1. The molecular weight excluding hydrogens is 190 g/mol. The lowest BCUT2D eigenvalue weighted by molar-refractivity contribution is 0.193. The Balaban J connectivity index is 1.93. The summed E-state index contributed by atoms with van der Waals surface area (Å²) in [7, 11) is 1.67. The minimum absolute atomic E-state index is 0.173. The van der Waals surface area contributed by atoms with Crippen LogP contribution in [0.15, 0.2) is 24.3 Å². The molecule has 0 spiro atoms. The number of ether oxygens (including phenoxy) is 1. The molecule has 1 saturated heterocycles. The standard InChI is InChI=1S/C12H17NO2/c1-15-12-4-2-9(3-5-12)6-10-7-11(14)8-13-10/h2-5,10-11,13-14H,6-8H2,1H3/t10?,11-/m1/s1. The molecule has 0 aliphatic carbocycles. The van der Waals surface area contributed by atoms with Crippen molar-refractivity contribution in [2.45, 2.75) is 25.0 Å². The molecule has 0 bridgehead atoms. The Hall–Kier alpha value is -1.06. The molecule has 1 aliphatic rings. The molecule has 1 heterocycles. The first-order valence-corrected chi connectivity index (χ1v) is 5.32. The topological polar surface area (TPSA) is 41.5 Å². The molecule has 3 nitrogen and oxygen atoms in total. The van der Waals surface area contributed by atoms with Gasteiger partial charge in [0.25, 0.3) is 0 Å². The van der Waals surface area contributed by atoms with Crippen molar-refractivity contribution >= 4 is 0 Å². The van der Waals surface area contributed by atoms with E-state index in [2.05, 4.69) is 17.4 Å². The van der Waals surface area contributed by atoms with Gasteiger partial charge in [-0.05, 0) is 30.5 Å². The highest BCUT2D eigenvalue weighted by molar-refractivity contribution is 5.27. The molecule has 0 amide bonds. The Morgan fingerprint density at radius 3 is 2.67 bits per heavy atom. The summed E-state index contributed by atoms with van der Waals surface area (Å²) in [4.78, 5) is 0. The van der Waals surface area contributed by atoms with E-state index in [0.717, 1.165) is 25.1 Å². The summed E-state index contributed by atoms with van der Waals surface area (Å²) in [5, 5.41) is 12.7. The molecule has 0 radical (unpaired) electrons. The van der Waals surface area contributed by atoms with Crippen molar-refractivity contribution in [1.82, 2.24) is 5.32 Å². The van der Waals surface area contributed by atoms with Crippen LogP contribution in [0.25, 0.3) is 0 Å². The van der Waals surface area contributed by atoms with Gasteiger partial charge in [-0.2, -0.15) is 0 Å². The SMILES string of the molecule is COc1ccc(CC2C[C@@H](O)CN2)cc1. The van der Waals surface area contributed by atoms with Crippen LogP contribution in [0.4, 0.5) is 0 Å². The Bertz CT molecular complexity index is 310. The van der Waals surface area contributed by atoms with Crippen molar-refractivity contribution in [2.75, 3.05) is 13.7 Å². The van der Waals surface area contributed by atoms with Gasteiger partial charge in [0.05, 0.1) is 13.2 Å². The monoisotopic (exact) mass is 207 g/mol. The van der Waals surface area contributed by atoms with Crippen LogP contribution in [0.1, 0.15) is 12.0 Å². The first-order valence-electron chi connectivity index (χ1n) is 5.32. The van der Waals surface area contributed by atoms with Gasteiger partial charge in [-0.25, -0.2) is 0 Å². The van der Waals surface area contributed by atoms with Crippen molar-refractivity contribution < 1.29 is 9.84 Å². The van der Waals surface area contributed by atoms with Gasteiger partial charge in [0, 0.05) is 12.6 Å². The largest absolute Gasteiger partial charge is 0.497 e. The third kappa shape index (κ3) is 2.70. The lowest BCUT2D eigenvalue weighted by Crippen LogP contribution is -2.23. The Labute approximate surface area is 90.1 Å². The first kappa shape index (κ1) is 10.5. The zero-order valence-corrected chi connectivity index (χ0v) is 8.94. The van der Waals surface area contributed by atoms with Crippen LogP contribution in [0.2, 0.25) is 0 Å². The Kier molecular flexibility index (Phi) is 3.23. The molecule has 1 unspecified atom stereocenters. The first-order chi connectivity index (χ1) is 7.28. The van der Waals surface area contributed by atoms with Crippen molar-refractivity contribution in [1.29, 1.82) is 0 Å². The van der Waals surface area contributed by atoms with Crippen molar-refractivity contribution in [3.8, 4) is 5.75 Å². The van der Waals surface area contributed by atoms with Crippen LogP contribution in [0, 0.1) is 0 Å². The van der Waals surface area contributed by atoms with E-state index < -0.39 is 0 Å². The number of β-amino-alcohol motifs (C(OH)–C–C–N with tert-alkyl or cyclic N) is 1. The van der Waals surface area contributed by atoms with E-state index in [9.17, 15) is 5.11 Å². The summed E-state index contributed by atoms with van der Waals surface area (Å²) in [5.74, 6) is 0.887. The minimum atomic E-state index is -0.173. The van der Waals surface area contributed by atoms with Gasteiger partial charge in [-0.15, -0.1) is 0 Å². The second-order valence-corrected chi connectivity index (χ2v) is 4.05. The number of methoxy groups -OCH3 is 1. The molecule has 15 heavy (non-hydrogen) atoms. The van der Waals surface area contributed by atoms with Crippen LogP contribution >= 0.6 is 0 Å². The number of hydrogen-bond donors (Lipinski definition) is 2. The second-order valence-electron chi connectivity index (χ2n) is 4.05. The summed E-state index contributed by atoms with van der Waals surface area (Å²) >= 11 is 0. The quantitative estimate of drug-likeness (QED) is 0.775. The highest BCUT2D eigenvalue weighted by Gasteiger charge is 2.21. The highest BCUT2D eigenvalue weighted by Crippen LogP contribution is 2.16. The average Bonchev–Trinajstić information content (AvgIpc) is 2.65. The molecule has 2 N–H and O–H groups in total. The fourth-order valence-corrected chi connectivity index (χ4v) is 2.00. The van der Waals surface area contributed by atoms with E-state index in [1.807, 2.05) is 12.1 Å². The molecule has 1 aliphatic heterocycles. The lowest BCUT2D eigenvalue weighted by Gasteiger charge is -2.10. The lowest BCUT2D eigenvalue weighted by atomic mass is 10.0. The number of nitrogens with one attached hydrogen (secondary N) is 1. The number of hydrogen-bond acceptors (Lipinski definition) is 3. The molecule has 0 aromatic heterocycles. The van der Waals surface area contributed by atoms with Gasteiger partial charge in [-0.1, -0.05) is 12.1 Å². The summed E-state index contributed by atoms with van der Waals surface area (Å²) in [6.45, 7) is 0.723. The van der Waals surface area contributed by atoms with E-state index >= 15 is 0 Å². The molecule has 2 atom stereocenters. The molecule has 1 aromatic rings. The predicted octanol–water partition coefficient (Wildman–Crippen LogP) is 0.960. The molecule has 3 heteroatoms. The summed E-state index contributed by atoms with van der Waals surface area (Å²) in [6.07, 6.45) is 1.65. The summed E-state index contributed by atoms with van der Waals surface area (Å²) in [6, 6.07) is 8.51. The third-order valence-corrected chi connectivity index (χ3v) is 2.84. The minimum Gasteiger partial charge on any atom is -0.497 e. The number of rotatable bonds is 3. The van der Waals surface area contributed by atoms with E-state index in [1.54, 1.807) is 7.11 Å². The maximum atomic E-state index is 9.38. The van der Waals surface area contributed by atoms with Gasteiger partial charge >= 0.3 is 0 Å². The van der Waals surface area contributed by atoms with E-state index in [0.29, 0.717) is 6.04 Å². The van der Waals surface area contributed by atoms with Crippen LogP contribution in [0.5, 0.6) is 5.75 Å². The highest BCUT2D eigenvalue weighted by atomic mass is 16.5. The number of benzene rings is 1. The third-order valence-electron chi connectivity index (χ3n) is 2.84. The fraction of sp³-hybridized carbons (Fsp3) is 0.500. The van der Waals surface area contributed by atoms with Gasteiger partial charge in [-0.3, -0.25) is 0 Å². The molecular formula is C12H17NO2. The van der Waals surface area contributed by atoms with Crippen molar-refractivity contribution in [3.63, 3.8) is 0 Å². The Morgan fingerprint density at radius 1 is 1.40 bits per heavy atom. The molecule has 82 valence electrons. The normalized spacial score (nSPS) is 25.5. The fourth-order valence-electron chi connectivity index (χ4n) is 2.00. The summed E-state index contributed by atoms with van der Waals surface area (Å²) in [5.41, 5.74) is 1.28. The van der Waals surface area contributed by atoms with Gasteiger partial charge in [0.1, 0.15) is 5.75 Å². The van der Waals surface area contributed by atoms with Crippen molar-refractivity contribution in [2.24, 2.45) is 0 Å². The molecule has 0 saturated carbocycles. The second kappa shape index (κ2) is 4.64. The van der Waals surface area contributed by atoms with E-state index in [4.69, 9.17) is 4.74 Å². The van der Waals surface area contributed by atoms with E-state index in [1.165, 1.54) is 5.56 Å². The van der Waals surface area contributed by atoms with Crippen LogP contribution in [-0.2, 0) is 6.42 Å². The summed E-state index contributed by atoms with van der Waals surface area (Å²) < 4.78 is 5.10.